The second-order valence-corrected chi connectivity index (χ2v) is 4.81. The van der Waals surface area contributed by atoms with Gasteiger partial charge in [-0.15, -0.1) is 0 Å². The molecule has 16 heavy (non-hydrogen) atoms. The zero-order valence-corrected chi connectivity index (χ0v) is 9.69. The summed E-state index contributed by atoms with van der Waals surface area (Å²) in [5, 5.41) is 3.27. The SMILES string of the molecule is CC(C)CC1NCCc2c(F)ccc(F)c21. The lowest BCUT2D eigenvalue weighted by Crippen LogP contribution is -2.32. The lowest BCUT2D eigenvalue weighted by atomic mass is 9.88. The molecule has 1 nitrogen and oxygen atoms in total. The zero-order valence-electron chi connectivity index (χ0n) is 9.69. The summed E-state index contributed by atoms with van der Waals surface area (Å²) in [6.45, 7) is 4.91. The molecule has 0 amide bonds. The van der Waals surface area contributed by atoms with Crippen molar-refractivity contribution in [3.8, 4) is 0 Å². The van der Waals surface area contributed by atoms with Crippen molar-refractivity contribution in [3.63, 3.8) is 0 Å². The molecule has 1 aromatic rings. The quantitative estimate of drug-likeness (QED) is 0.815. The highest BCUT2D eigenvalue weighted by molar-refractivity contribution is 5.35. The van der Waals surface area contributed by atoms with Crippen LogP contribution in [0.4, 0.5) is 8.78 Å². The average Bonchev–Trinajstić information content (AvgIpc) is 2.23. The van der Waals surface area contributed by atoms with Gasteiger partial charge in [0.1, 0.15) is 11.6 Å². The van der Waals surface area contributed by atoms with Gasteiger partial charge in [-0.1, -0.05) is 13.8 Å². The number of fused-ring (bicyclic) bond motifs is 1. The van der Waals surface area contributed by atoms with Gasteiger partial charge in [-0.05, 0) is 43.0 Å². The van der Waals surface area contributed by atoms with Crippen molar-refractivity contribution < 1.29 is 8.78 Å². The maximum absolute atomic E-state index is 13.7. The van der Waals surface area contributed by atoms with E-state index >= 15 is 0 Å². The highest BCUT2D eigenvalue weighted by Gasteiger charge is 2.26. The minimum Gasteiger partial charge on any atom is -0.309 e. The number of benzene rings is 1. The van der Waals surface area contributed by atoms with Gasteiger partial charge in [0.15, 0.2) is 0 Å². The van der Waals surface area contributed by atoms with Gasteiger partial charge in [-0.25, -0.2) is 8.78 Å². The van der Waals surface area contributed by atoms with E-state index in [0.717, 1.165) is 13.0 Å². The van der Waals surface area contributed by atoms with E-state index in [0.29, 0.717) is 23.5 Å². The molecule has 88 valence electrons. The van der Waals surface area contributed by atoms with E-state index in [1.807, 2.05) is 0 Å². The van der Waals surface area contributed by atoms with E-state index in [-0.39, 0.29) is 17.7 Å². The van der Waals surface area contributed by atoms with E-state index in [1.54, 1.807) is 0 Å². The van der Waals surface area contributed by atoms with Crippen LogP contribution < -0.4 is 5.32 Å². The molecule has 1 aliphatic heterocycles. The highest BCUT2D eigenvalue weighted by Crippen LogP contribution is 2.31. The molecule has 3 heteroatoms. The Balaban J connectivity index is 2.40. The molecule has 0 radical (unpaired) electrons. The van der Waals surface area contributed by atoms with Crippen LogP contribution in [0.5, 0.6) is 0 Å². The molecular weight excluding hydrogens is 208 g/mol. The molecule has 1 aromatic carbocycles. The van der Waals surface area contributed by atoms with Crippen molar-refractivity contribution in [2.75, 3.05) is 6.54 Å². The Kier molecular flexibility index (Phi) is 3.24. The van der Waals surface area contributed by atoms with Gasteiger partial charge in [0.05, 0.1) is 0 Å². The second-order valence-electron chi connectivity index (χ2n) is 4.81. The molecular formula is C13H17F2N. The molecule has 1 atom stereocenters. The summed E-state index contributed by atoms with van der Waals surface area (Å²) in [5.41, 5.74) is 1.10. The van der Waals surface area contributed by atoms with E-state index in [1.165, 1.54) is 12.1 Å². The largest absolute Gasteiger partial charge is 0.309 e. The van der Waals surface area contributed by atoms with E-state index in [4.69, 9.17) is 0 Å². The smallest absolute Gasteiger partial charge is 0.128 e. The minimum atomic E-state index is -0.283. The molecule has 1 unspecified atom stereocenters. The summed E-state index contributed by atoms with van der Waals surface area (Å²) in [4.78, 5) is 0. The summed E-state index contributed by atoms with van der Waals surface area (Å²) in [6.07, 6.45) is 1.42. The number of nitrogens with one attached hydrogen (secondary N) is 1. The Morgan fingerprint density at radius 3 is 2.69 bits per heavy atom. The molecule has 0 saturated heterocycles. The van der Waals surface area contributed by atoms with E-state index < -0.39 is 0 Å². The van der Waals surface area contributed by atoms with Crippen molar-refractivity contribution >= 4 is 0 Å². The van der Waals surface area contributed by atoms with Crippen molar-refractivity contribution in [2.24, 2.45) is 5.92 Å². The van der Waals surface area contributed by atoms with Crippen molar-refractivity contribution in [1.82, 2.24) is 5.32 Å². The first kappa shape index (κ1) is 11.5. The molecule has 0 bridgehead atoms. The van der Waals surface area contributed by atoms with Gasteiger partial charge in [0, 0.05) is 11.6 Å². The molecule has 0 saturated carbocycles. The normalized spacial score (nSPS) is 19.9. The van der Waals surface area contributed by atoms with Gasteiger partial charge >= 0.3 is 0 Å². The van der Waals surface area contributed by atoms with Gasteiger partial charge < -0.3 is 5.32 Å². The Morgan fingerprint density at radius 1 is 1.31 bits per heavy atom. The molecule has 0 fully saturated rings. The van der Waals surface area contributed by atoms with Gasteiger partial charge in [0.2, 0.25) is 0 Å². The first-order chi connectivity index (χ1) is 7.59. The van der Waals surface area contributed by atoms with Crippen LogP contribution in [-0.4, -0.2) is 6.54 Å². The molecule has 0 spiro atoms. The van der Waals surface area contributed by atoms with Crippen LogP contribution in [0.15, 0.2) is 12.1 Å². The van der Waals surface area contributed by atoms with Crippen LogP contribution in [-0.2, 0) is 6.42 Å². The van der Waals surface area contributed by atoms with Gasteiger partial charge in [-0.3, -0.25) is 0 Å². The van der Waals surface area contributed by atoms with Crippen molar-refractivity contribution in [2.45, 2.75) is 32.7 Å². The molecule has 0 aliphatic carbocycles. The van der Waals surface area contributed by atoms with Crippen LogP contribution in [0.25, 0.3) is 0 Å². The number of hydrogen-bond acceptors (Lipinski definition) is 1. The highest BCUT2D eigenvalue weighted by atomic mass is 19.1. The molecule has 1 aliphatic rings. The Bertz CT molecular complexity index is 388. The predicted octanol–water partition coefficient (Wildman–Crippen LogP) is 3.20. The first-order valence-electron chi connectivity index (χ1n) is 5.79. The summed E-state index contributed by atoms with van der Waals surface area (Å²) < 4.78 is 27.3. The van der Waals surface area contributed by atoms with Crippen LogP contribution in [0.1, 0.15) is 37.4 Å². The standard InChI is InChI=1S/C13H17F2N/c1-8(2)7-12-13-9(5-6-16-12)10(14)3-4-11(13)15/h3-4,8,12,16H,5-7H2,1-2H3. The van der Waals surface area contributed by atoms with Crippen LogP contribution in [0, 0.1) is 17.6 Å². The summed E-state index contributed by atoms with van der Waals surface area (Å²) in [6, 6.07) is 2.42. The predicted molar refractivity (Wildman–Crippen MR) is 60.3 cm³/mol. The number of halogens is 2. The zero-order chi connectivity index (χ0) is 11.7. The van der Waals surface area contributed by atoms with E-state index in [9.17, 15) is 8.78 Å². The van der Waals surface area contributed by atoms with Gasteiger partial charge in [0.25, 0.3) is 0 Å². The summed E-state index contributed by atoms with van der Waals surface area (Å²) in [5.74, 6) is -0.0907. The van der Waals surface area contributed by atoms with Crippen LogP contribution in [0.2, 0.25) is 0 Å². The minimum absolute atomic E-state index is 0.0422. The van der Waals surface area contributed by atoms with Crippen molar-refractivity contribution in [3.05, 3.63) is 34.9 Å². The Labute approximate surface area is 94.9 Å². The maximum atomic E-state index is 13.7. The van der Waals surface area contributed by atoms with Crippen LogP contribution in [0.3, 0.4) is 0 Å². The maximum Gasteiger partial charge on any atom is 0.128 e. The third kappa shape index (κ3) is 2.09. The second kappa shape index (κ2) is 4.50. The van der Waals surface area contributed by atoms with Gasteiger partial charge in [-0.2, -0.15) is 0 Å². The molecule has 1 heterocycles. The third-order valence-electron chi connectivity index (χ3n) is 3.07. The van der Waals surface area contributed by atoms with Crippen LogP contribution >= 0.6 is 0 Å². The molecule has 2 rings (SSSR count). The number of hydrogen-bond donors (Lipinski definition) is 1. The number of rotatable bonds is 2. The Hall–Kier alpha value is -0.960. The van der Waals surface area contributed by atoms with E-state index in [2.05, 4.69) is 19.2 Å². The first-order valence-corrected chi connectivity index (χ1v) is 5.79. The average molecular weight is 225 g/mol. The third-order valence-corrected chi connectivity index (χ3v) is 3.07. The Morgan fingerprint density at radius 2 is 2.00 bits per heavy atom. The lowest BCUT2D eigenvalue weighted by Gasteiger charge is -2.28. The lowest BCUT2D eigenvalue weighted by molar-refractivity contribution is 0.392. The summed E-state index contributed by atoms with van der Waals surface area (Å²) >= 11 is 0. The fraction of sp³-hybridized carbons (Fsp3) is 0.538. The summed E-state index contributed by atoms with van der Waals surface area (Å²) in [7, 11) is 0. The molecule has 1 N–H and O–H groups in total. The van der Waals surface area contributed by atoms with Crippen molar-refractivity contribution in [1.29, 1.82) is 0 Å². The molecule has 0 aromatic heterocycles. The fourth-order valence-corrected chi connectivity index (χ4v) is 2.39. The topological polar surface area (TPSA) is 12.0 Å². The fourth-order valence-electron chi connectivity index (χ4n) is 2.39. The monoisotopic (exact) mass is 225 g/mol.